The number of ether oxygens (including phenoxy) is 1. The van der Waals surface area contributed by atoms with Crippen LogP contribution in [0, 0.1) is 6.92 Å². The number of hydrogen-bond donors (Lipinski definition) is 1. The zero-order chi connectivity index (χ0) is 16.8. The molecule has 3 rings (SSSR count). The first-order chi connectivity index (χ1) is 11.7. The van der Waals surface area contributed by atoms with Crippen LogP contribution >= 0.6 is 0 Å². The predicted octanol–water partition coefficient (Wildman–Crippen LogP) is 2.74. The van der Waals surface area contributed by atoms with Crippen LogP contribution in [0.25, 0.3) is 11.4 Å². The van der Waals surface area contributed by atoms with Crippen molar-refractivity contribution in [3.05, 3.63) is 66.1 Å². The van der Waals surface area contributed by atoms with Gasteiger partial charge in [-0.3, -0.25) is 4.79 Å². The van der Waals surface area contributed by atoms with Gasteiger partial charge in [0.05, 0.1) is 6.54 Å². The van der Waals surface area contributed by atoms with E-state index in [1.807, 2.05) is 49.4 Å². The van der Waals surface area contributed by atoms with Gasteiger partial charge >= 0.3 is 0 Å². The Labute approximate surface area is 139 Å². The minimum Gasteiger partial charge on any atom is -0.484 e. The number of carbonyl (C=O) groups excluding carboxylic acids is 1. The number of benzene rings is 2. The Morgan fingerprint density at radius 1 is 1.12 bits per heavy atom. The Bertz CT molecular complexity index is 798. The first-order valence-electron chi connectivity index (χ1n) is 7.55. The molecule has 0 atom stereocenters. The summed E-state index contributed by atoms with van der Waals surface area (Å²) < 4.78 is 10.5. The zero-order valence-corrected chi connectivity index (χ0v) is 13.2. The molecule has 1 N–H and O–H groups in total. The number of amides is 1. The molecule has 0 bridgehead atoms. The summed E-state index contributed by atoms with van der Waals surface area (Å²) in [5, 5.41) is 6.60. The molecule has 0 aliphatic heterocycles. The topological polar surface area (TPSA) is 77.2 Å². The number of carbonyl (C=O) groups is 1. The molecular formula is C18H17N3O3. The number of nitrogens with zero attached hydrogens (tertiary/aromatic N) is 2. The second kappa shape index (κ2) is 7.41. The van der Waals surface area contributed by atoms with E-state index in [1.165, 1.54) is 0 Å². The Morgan fingerprint density at radius 2 is 1.88 bits per heavy atom. The van der Waals surface area contributed by atoms with E-state index in [9.17, 15) is 4.79 Å². The molecule has 1 heterocycles. The number of para-hydroxylation sites is 1. The summed E-state index contributed by atoms with van der Waals surface area (Å²) in [6, 6.07) is 17.0. The molecule has 0 radical (unpaired) electrons. The Hall–Kier alpha value is -3.15. The van der Waals surface area contributed by atoms with Gasteiger partial charge in [0.1, 0.15) is 5.75 Å². The highest BCUT2D eigenvalue weighted by atomic mass is 16.5. The number of hydrogen-bond acceptors (Lipinski definition) is 5. The average molecular weight is 323 g/mol. The molecule has 0 aliphatic carbocycles. The molecule has 0 aliphatic rings. The van der Waals surface area contributed by atoms with Gasteiger partial charge in [-0.2, -0.15) is 4.98 Å². The van der Waals surface area contributed by atoms with Crippen molar-refractivity contribution in [3.63, 3.8) is 0 Å². The summed E-state index contributed by atoms with van der Waals surface area (Å²) in [6.07, 6.45) is 0. The van der Waals surface area contributed by atoms with Gasteiger partial charge in [0.15, 0.2) is 6.61 Å². The minimum atomic E-state index is -0.256. The molecule has 1 amide bonds. The average Bonchev–Trinajstić information content (AvgIpc) is 3.09. The van der Waals surface area contributed by atoms with Crippen molar-refractivity contribution in [2.24, 2.45) is 0 Å². The lowest BCUT2D eigenvalue weighted by molar-refractivity contribution is -0.123. The molecule has 6 nitrogen and oxygen atoms in total. The van der Waals surface area contributed by atoms with Crippen molar-refractivity contribution in [2.45, 2.75) is 13.5 Å². The maximum atomic E-state index is 11.8. The van der Waals surface area contributed by atoms with Crippen LogP contribution in [-0.4, -0.2) is 22.7 Å². The third-order valence-electron chi connectivity index (χ3n) is 3.33. The van der Waals surface area contributed by atoms with Gasteiger partial charge in [-0.1, -0.05) is 53.2 Å². The van der Waals surface area contributed by atoms with Crippen LogP contribution in [0.3, 0.4) is 0 Å². The highest BCUT2D eigenvalue weighted by Crippen LogP contribution is 2.16. The predicted molar refractivity (Wildman–Crippen MR) is 88.3 cm³/mol. The summed E-state index contributed by atoms with van der Waals surface area (Å²) in [5.41, 5.74) is 2.03. The largest absolute Gasteiger partial charge is 0.484 e. The van der Waals surface area contributed by atoms with Crippen LogP contribution in [0.2, 0.25) is 0 Å². The van der Waals surface area contributed by atoms with E-state index in [1.54, 1.807) is 12.1 Å². The Balaban J connectivity index is 1.50. The maximum Gasteiger partial charge on any atom is 0.258 e. The van der Waals surface area contributed by atoms with E-state index in [0.29, 0.717) is 17.5 Å². The van der Waals surface area contributed by atoms with Crippen LogP contribution < -0.4 is 10.1 Å². The van der Waals surface area contributed by atoms with E-state index in [0.717, 1.165) is 11.1 Å². The fourth-order valence-corrected chi connectivity index (χ4v) is 2.04. The highest BCUT2D eigenvalue weighted by molar-refractivity contribution is 5.77. The van der Waals surface area contributed by atoms with Crippen LogP contribution in [0.4, 0.5) is 0 Å². The van der Waals surface area contributed by atoms with Crippen molar-refractivity contribution in [1.82, 2.24) is 15.5 Å². The quantitative estimate of drug-likeness (QED) is 0.755. The van der Waals surface area contributed by atoms with Crippen LogP contribution in [0.1, 0.15) is 11.5 Å². The standard InChI is InChI=1S/C18H17N3O3/c1-13-7-9-14(10-8-13)18-20-17(24-21-18)11-19-16(22)12-23-15-5-3-2-4-6-15/h2-10H,11-12H2,1H3,(H,19,22). The third kappa shape index (κ3) is 4.19. The molecule has 1 aromatic heterocycles. The molecule has 2 aromatic carbocycles. The lowest BCUT2D eigenvalue weighted by atomic mass is 10.1. The molecule has 6 heteroatoms. The number of aryl methyl sites for hydroxylation is 1. The summed E-state index contributed by atoms with van der Waals surface area (Å²) in [4.78, 5) is 16.0. The lowest BCUT2D eigenvalue weighted by Gasteiger charge is -2.05. The number of aromatic nitrogens is 2. The van der Waals surface area contributed by atoms with Crippen molar-refractivity contribution in [2.75, 3.05) is 6.61 Å². The monoisotopic (exact) mass is 323 g/mol. The molecular weight excluding hydrogens is 306 g/mol. The molecule has 0 spiro atoms. The van der Waals surface area contributed by atoms with E-state index in [-0.39, 0.29) is 19.1 Å². The maximum absolute atomic E-state index is 11.8. The van der Waals surface area contributed by atoms with Crippen molar-refractivity contribution < 1.29 is 14.1 Å². The first kappa shape index (κ1) is 15.7. The van der Waals surface area contributed by atoms with Crippen molar-refractivity contribution in [1.29, 1.82) is 0 Å². The van der Waals surface area contributed by atoms with Gasteiger partial charge in [-0.25, -0.2) is 0 Å². The van der Waals surface area contributed by atoms with E-state index in [4.69, 9.17) is 9.26 Å². The van der Waals surface area contributed by atoms with Gasteiger partial charge in [0, 0.05) is 5.56 Å². The van der Waals surface area contributed by atoms with Gasteiger partial charge in [-0.05, 0) is 19.1 Å². The second-order valence-electron chi connectivity index (χ2n) is 5.26. The minimum absolute atomic E-state index is 0.0665. The molecule has 0 fully saturated rings. The van der Waals surface area contributed by atoms with Gasteiger partial charge in [-0.15, -0.1) is 0 Å². The van der Waals surface area contributed by atoms with Crippen LogP contribution in [-0.2, 0) is 11.3 Å². The fraction of sp³-hybridized carbons (Fsp3) is 0.167. The summed E-state index contributed by atoms with van der Waals surface area (Å²) >= 11 is 0. The van der Waals surface area contributed by atoms with Gasteiger partial charge in [0.2, 0.25) is 11.7 Å². The summed E-state index contributed by atoms with van der Waals surface area (Å²) in [6.45, 7) is 2.11. The lowest BCUT2D eigenvalue weighted by Crippen LogP contribution is -2.28. The summed E-state index contributed by atoms with van der Waals surface area (Å²) in [5.74, 6) is 1.24. The molecule has 122 valence electrons. The van der Waals surface area contributed by atoms with Gasteiger partial charge in [0.25, 0.3) is 5.91 Å². The third-order valence-corrected chi connectivity index (χ3v) is 3.33. The number of nitrogens with one attached hydrogen (secondary N) is 1. The normalized spacial score (nSPS) is 10.4. The van der Waals surface area contributed by atoms with E-state index in [2.05, 4.69) is 15.5 Å². The van der Waals surface area contributed by atoms with E-state index >= 15 is 0 Å². The van der Waals surface area contributed by atoms with Crippen molar-refractivity contribution >= 4 is 5.91 Å². The molecule has 0 unspecified atom stereocenters. The second-order valence-corrected chi connectivity index (χ2v) is 5.26. The molecule has 3 aromatic rings. The number of rotatable bonds is 6. The van der Waals surface area contributed by atoms with E-state index < -0.39 is 0 Å². The molecule has 0 saturated heterocycles. The van der Waals surface area contributed by atoms with Crippen LogP contribution in [0.5, 0.6) is 5.75 Å². The first-order valence-corrected chi connectivity index (χ1v) is 7.55. The van der Waals surface area contributed by atoms with Gasteiger partial charge < -0.3 is 14.6 Å². The SMILES string of the molecule is Cc1ccc(-c2noc(CNC(=O)COc3ccccc3)n2)cc1. The Morgan fingerprint density at radius 3 is 2.62 bits per heavy atom. The molecule has 0 saturated carbocycles. The fourth-order valence-electron chi connectivity index (χ4n) is 2.04. The highest BCUT2D eigenvalue weighted by Gasteiger charge is 2.10. The Kier molecular flexibility index (Phi) is 4.86. The smallest absolute Gasteiger partial charge is 0.258 e. The summed E-state index contributed by atoms with van der Waals surface area (Å²) in [7, 11) is 0. The van der Waals surface area contributed by atoms with Crippen molar-refractivity contribution in [3.8, 4) is 17.1 Å². The zero-order valence-electron chi connectivity index (χ0n) is 13.2. The van der Waals surface area contributed by atoms with Crippen LogP contribution in [0.15, 0.2) is 59.1 Å². The molecule has 24 heavy (non-hydrogen) atoms.